The lowest BCUT2D eigenvalue weighted by Gasteiger charge is -2.16. The average Bonchev–Trinajstić information content (AvgIpc) is 3.04. The molecule has 1 aliphatic rings. The van der Waals surface area contributed by atoms with Crippen molar-refractivity contribution in [1.29, 1.82) is 0 Å². The highest BCUT2D eigenvalue weighted by atomic mass is 16.6. The average molecular weight is 693 g/mol. The van der Waals surface area contributed by atoms with E-state index in [0.717, 1.165) is 48.5 Å². The van der Waals surface area contributed by atoms with E-state index in [-0.39, 0.29) is 47.3 Å². The summed E-state index contributed by atoms with van der Waals surface area (Å²) in [4.78, 5) is 69.6. The van der Waals surface area contributed by atoms with Crippen molar-refractivity contribution in [3.8, 4) is 46.0 Å². The summed E-state index contributed by atoms with van der Waals surface area (Å²) in [6.45, 7) is 2.85. The first kappa shape index (κ1) is 34.0. The summed E-state index contributed by atoms with van der Waals surface area (Å²) in [5.41, 5.74) is -4.15. The maximum Gasteiger partial charge on any atom is 0.338 e. The number of benzene rings is 4. The second kappa shape index (κ2) is 13.8. The van der Waals surface area contributed by atoms with Gasteiger partial charge in [0, 0.05) is 24.3 Å². The molecule has 20 nitrogen and oxygen atoms in total. The van der Waals surface area contributed by atoms with Crippen molar-refractivity contribution in [2.24, 2.45) is 0 Å². The molecule has 0 saturated heterocycles. The summed E-state index contributed by atoms with van der Waals surface area (Å²) < 4.78 is 33.0. The zero-order valence-corrected chi connectivity index (χ0v) is 25.5. The van der Waals surface area contributed by atoms with Crippen LogP contribution in [0.5, 0.6) is 46.0 Å². The Morgan fingerprint density at radius 1 is 0.480 bits per heavy atom. The van der Waals surface area contributed by atoms with E-state index in [2.05, 4.69) is 0 Å². The van der Waals surface area contributed by atoms with Crippen LogP contribution >= 0.6 is 0 Å². The molecular weight excluding hydrogens is 672 g/mol. The van der Waals surface area contributed by atoms with Gasteiger partial charge in [0.05, 0.1) is 44.0 Å². The zero-order chi connectivity index (χ0) is 36.3. The highest BCUT2D eigenvalue weighted by molar-refractivity contribution is 5.91. The number of carbonyl (C=O) groups excluding carboxylic acids is 2. The minimum atomic E-state index is -0.980. The van der Waals surface area contributed by atoms with Gasteiger partial charge in [0.1, 0.15) is 35.1 Å². The second-order valence-corrected chi connectivity index (χ2v) is 9.84. The van der Waals surface area contributed by atoms with Crippen molar-refractivity contribution in [2.75, 3.05) is 13.2 Å². The van der Waals surface area contributed by atoms with Crippen LogP contribution in [-0.4, -0.2) is 44.8 Å². The Morgan fingerprint density at radius 2 is 0.740 bits per heavy atom. The molecule has 0 aliphatic carbocycles. The van der Waals surface area contributed by atoms with E-state index < -0.39 is 77.4 Å². The van der Waals surface area contributed by atoms with Gasteiger partial charge in [-0.15, -0.1) is 0 Å². The van der Waals surface area contributed by atoms with Crippen LogP contribution in [0.3, 0.4) is 0 Å². The maximum absolute atomic E-state index is 12.7. The van der Waals surface area contributed by atoms with Crippen LogP contribution in [0.2, 0.25) is 0 Å². The molecule has 20 heteroatoms. The van der Waals surface area contributed by atoms with Crippen LogP contribution in [-0.2, 0) is 9.47 Å². The van der Waals surface area contributed by atoms with Crippen molar-refractivity contribution in [3.63, 3.8) is 0 Å². The highest BCUT2D eigenvalue weighted by Crippen LogP contribution is 2.47. The number of hydrogen-bond donors (Lipinski definition) is 0. The highest BCUT2D eigenvalue weighted by Gasteiger charge is 2.31. The lowest BCUT2D eigenvalue weighted by atomic mass is 10.1. The van der Waals surface area contributed by atoms with E-state index in [1.54, 1.807) is 0 Å². The number of carbonyl (C=O) groups is 2. The quantitative estimate of drug-likeness (QED) is 0.0886. The third kappa shape index (κ3) is 7.12. The van der Waals surface area contributed by atoms with Gasteiger partial charge in [-0.3, -0.25) is 40.5 Å². The molecule has 8 bridgehead atoms. The molecule has 0 saturated carbocycles. The van der Waals surface area contributed by atoms with Gasteiger partial charge in [0.15, 0.2) is 0 Å². The fraction of sp³-hybridized carbons (Fsp3) is 0.133. The molecule has 0 aromatic heterocycles. The summed E-state index contributed by atoms with van der Waals surface area (Å²) in [6, 6.07) is 9.11. The molecule has 1 aliphatic heterocycles. The van der Waals surface area contributed by atoms with Crippen LogP contribution in [0.15, 0.2) is 60.7 Å². The van der Waals surface area contributed by atoms with Crippen molar-refractivity contribution in [3.05, 3.63) is 112 Å². The summed E-state index contributed by atoms with van der Waals surface area (Å²) in [5.74, 6) is -5.79. The molecule has 50 heavy (non-hydrogen) atoms. The number of fused-ring (bicyclic) bond motifs is 8. The van der Waals surface area contributed by atoms with E-state index in [1.807, 2.05) is 0 Å². The van der Waals surface area contributed by atoms with Gasteiger partial charge < -0.3 is 28.4 Å². The fourth-order valence-electron chi connectivity index (χ4n) is 4.53. The van der Waals surface area contributed by atoms with Crippen molar-refractivity contribution in [1.82, 2.24) is 0 Å². The van der Waals surface area contributed by atoms with E-state index >= 15 is 0 Å². The summed E-state index contributed by atoms with van der Waals surface area (Å²) >= 11 is 0. The van der Waals surface area contributed by atoms with Crippen molar-refractivity contribution in [2.45, 2.75) is 13.8 Å². The van der Waals surface area contributed by atoms with Crippen molar-refractivity contribution < 1.29 is 57.7 Å². The number of esters is 2. The lowest BCUT2D eigenvalue weighted by Crippen LogP contribution is -2.06. The minimum absolute atomic E-state index is 0.0822. The summed E-state index contributed by atoms with van der Waals surface area (Å²) in [7, 11) is 0. The Bertz CT molecular complexity index is 1850. The number of ether oxygens (including phenoxy) is 6. The topological polar surface area (TPSA) is 262 Å². The zero-order valence-electron chi connectivity index (χ0n) is 25.5. The van der Waals surface area contributed by atoms with E-state index in [9.17, 15) is 50.0 Å². The van der Waals surface area contributed by atoms with Gasteiger partial charge >= 0.3 is 34.7 Å². The lowest BCUT2D eigenvalue weighted by molar-refractivity contribution is -0.395. The molecule has 0 radical (unpaired) electrons. The molecular formula is C30H20N4O16. The molecule has 4 aromatic rings. The van der Waals surface area contributed by atoms with E-state index in [4.69, 9.17) is 28.4 Å². The monoisotopic (exact) mass is 692 g/mol. The van der Waals surface area contributed by atoms with Gasteiger partial charge in [-0.2, -0.15) is 0 Å². The number of nitro groups is 4. The molecule has 0 amide bonds. The van der Waals surface area contributed by atoms with Crippen LogP contribution in [0.1, 0.15) is 34.6 Å². The molecule has 1 heterocycles. The largest absolute Gasteiger partial charge is 0.462 e. The molecule has 0 fully saturated rings. The van der Waals surface area contributed by atoms with Gasteiger partial charge in [0.25, 0.3) is 0 Å². The van der Waals surface area contributed by atoms with E-state index in [1.165, 1.54) is 13.8 Å². The second-order valence-electron chi connectivity index (χ2n) is 9.84. The fourth-order valence-corrected chi connectivity index (χ4v) is 4.53. The molecule has 0 unspecified atom stereocenters. The summed E-state index contributed by atoms with van der Waals surface area (Å²) in [5, 5.41) is 48.1. The molecule has 0 N–H and O–H groups in total. The third-order valence-corrected chi connectivity index (χ3v) is 6.56. The van der Waals surface area contributed by atoms with Crippen LogP contribution in [0.25, 0.3) is 0 Å². The normalized spacial score (nSPS) is 11.4. The molecule has 4 aromatic carbocycles. The maximum atomic E-state index is 12.7. The Hall–Kier alpha value is -7.38. The van der Waals surface area contributed by atoms with Gasteiger partial charge in [-0.1, -0.05) is 0 Å². The molecule has 0 atom stereocenters. The SMILES string of the molecule is CCOC(=O)c1cc2cc(c1)Oc1cc(c([N+](=O)[O-])cc1[N+](=O)[O-])Oc1cc(cc(C(=O)OCC)c1)Oc1cc(c([N+](=O)[O-])cc1[N+](=O)[O-])O2. The smallest absolute Gasteiger partial charge is 0.338 e. The number of hydrogen-bond acceptors (Lipinski definition) is 16. The Kier molecular flexibility index (Phi) is 9.35. The number of nitrogens with zero attached hydrogens (tertiary/aromatic N) is 4. The summed E-state index contributed by atoms with van der Waals surface area (Å²) in [6.07, 6.45) is 0. The first-order chi connectivity index (χ1) is 23.8. The minimum Gasteiger partial charge on any atom is -0.462 e. The number of rotatable bonds is 8. The Morgan fingerprint density at radius 3 is 0.960 bits per heavy atom. The Labute approximate surface area is 277 Å². The first-order valence-electron chi connectivity index (χ1n) is 14.1. The number of nitro benzene ring substituents is 4. The van der Waals surface area contributed by atoms with Gasteiger partial charge in [-0.25, -0.2) is 9.59 Å². The standard InChI is InChI=1S/C30H20N4O16/c1-3-45-29(35)15-5-17-9-18(6-15)48-26-14-28(24(34(43)44)12-22(26)32(39)40)50-20-8-16(30(36)46-4-2)7-19(10-20)49-27-13-25(47-17)21(31(37)38)11-23(27)33(41)42/h5-14H,3-4H2,1-2H3. The molecule has 256 valence electrons. The Balaban J connectivity index is 1.84. The van der Waals surface area contributed by atoms with Crippen molar-refractivity contribution >= 4 is 34.7 Å². The van der Waals surface area contributed by atoms with Crippen LogP contribution in [0.4, 0.5) is 22.7 Å². The molecule has 5 rings (SSSR count). The predicted molar refractivity (Wildman–Crippen MR) is 165 cm³/mol. The van der Waals surface area contributed by atoms with E-state index in [0.29, 0.717) is 12.1 Å². The third-order valence-electron chi connectivity index (χ3n) is 6.56. The van der Waals surface area contributed by atoms with Gasteiger partial charge in [-0.05, 0) is 38.1 Å². The molecule has 0 spiro atoms. The van der Waals surface area contributed by atoms with Crippen LogP contribution < -0.4 is 18.9 Å². The van der Waals surface area contributed by atoms with Gasteiger partial charge in [0.2, 0.25) is 23.0 Å². The predicted octanol–water partition coefficient (Wildman–Crippen LogP) is 7.16. The first-order valence-corrected chi connectivity index (χ1v) is 14.1. The van der Waals surface area contributed by atoms with Crippen LogP contribution in [0, 0.1) is 40.5 Å².